The average molecular weight is 1900 g/mol. The number of hydrogen-bond acceptors (Lipinski definition) is 34. The predicted octanol–water partition coefficient (Wildman–Crippen LogP) is 8.54. The van der Waals surface area contributed by atoms with Crippen LogP contribution < -0.4 is 21.7 Å². The second kappa shape index (κ2) is 50.1. The van der Waals surface area contributed by atoms with E-state index in [2.05, 4.69) is 56.8 Å². The van der Waals surface area contributed by atoms with Gasteiger partial charge in [-0.1, -0.05) is 99.7 Å². The molecule has 5 aliphatic rings. The second-order valence-electron chi connectivity index (χ2n) is 36.9. The van der Waals surface area contributed by atoms with Crippen LogP contribution in [0.2, 0.25) is 0 Å². The van der Waals surface area contributed by atoms with E-state index in [0.29, 0.717) is 189 Å². The molecule has 10 heterocycles. The fraction of sp³-hybridized carbons (Fsp3) is 0.592. The van der Waals surface area contributed by atoms with Gasteiger partial charge in [0.05, 0.1) is 119 Å². The van der Waals surface area contributed by atoms with Gasteiger partial charge in [-0.2, -0.15) is 10.1 Å². The van der Waals surface area contributed by atoms with Gasteiger partial charge in [-0.3, -0.25) is 28.9 Å². The summed E-state index contributed by atoms with van der Waals surface area (Å²) in [5, 5.41) is 71.9. The lowest BCUT2D eigenvalue weighted by Crippen LogP contribution is -2.61. The number of benzene rings is 2. The van der Waals surface area contributed by atoms with Gasteiger partial charge in [0.15, 0.2) is 17.0 Å². The number of ether oxygens (including phenoxy) is 9. The molecule has 8 aromatic rings. The first-order valence-corrected chi connectivity index (χ1v) is 47.9. The molecule has 4 aliphatic heterocycles. The molecule has 1 saturated carbocycles. The van der Waals surface area contributed by atoms with Crippen molar-refractivity contribution in [3.8, 4) is 33.6 Å². The normalized spacial score (nSPS) is 26.2. The standard InChI is InChI=1S/C98H135N19O20/c1-61-18-11-10-12-19-62(2)82(128-8)50-75-26-23-67(7)98(127,137-75)91(124)94(125)115-31-15-13-22-78(115)95(126)135-83(51-80(119)63(3)45-66(6)89(122)90(123)88(121)65(5)44-61)64(4)46-68-24-27-77(84(47-68)129-9)117-79(54-106-110-117)70-21-17-20-69(48-70)72-52-102-97(103-53-72)113-34-33-112(74(57-113)58-118)55-73-56-114(111-108-73)35-37-131-38-39-132-41-43-134-60-133-42-40-130-36-29-85(120)101-30-14-16-32-116-93-86(92(99)104-59-105-93)87(109-116)71-25-28-81-76(49-71)107-96(100)136-81/h10-12,17-21,25,28,45,48-49,52-54,56,59,61,63-65,67-68,74-75,77-78,82-84,89-90,118,122-123,127H,13-16,22-24,26-27,29-44,46-47,50-51,55,57-58,60H2,1-9H3,(H2,100,107)(H,101,120)(H2,99,104,105)/b12-10?,18-11+,62-19?,66-45+/t61-,63-,64-,65-,67-,68+,74?,75+,77+,78+,82+,83+,84-,89-,90+,98-/m1/s1. The average Bonchev–Trinajstić information content (AvgIpc) is 1.65. The van der Waals surface area contributed by atoms with Crippen LogP contribution in [0.3, 0.4) is 0 Å². The Labute approximate surface area is 797 Å². The van der Waals surface area contributed by atoms with Crippen LogP contribution in [0.1, 0.15) is 157 Å². The van der Waals surface area contributed by atoms with Crippen LogP contribution >= 0.6 is 0 Å². The number of carbonyl (C=O) groups excluding carboxylic acids is 6. The Hall–Kier alpha value is -10.9. The highest BCUT2D eigenvalue weighted by molar-refractivity contribution is 6.39. The van der Waals surface area contributed by atoms with Gasteiger partial charge in [-0.05, 0) is 150 Å². The summed E-state index contributed by atoms with van der Waals surface area (Å²) in [5.74, 6) is -8.41. The molecule has 0 radical (unpaired) electrons. The van der Waals surface area contributed by atoms with E-state index in [-0.39, 0.29) is 106 Å². The molecule has 9 N–H and O–H groups in total. The number of nitrogens with one attached hydrogen (secondary N) is 1. The van der Waals surface area contributed by atoms with Crippen LogP contribution in [0.4, 0.5) is 17.8 Å². The number of esters is 1. The molecule has 39 nitrogen and oxygen atoms in total. The fourth-order valence-corrected chi connectivity index (χ4v) is 18.9. The number of piperidine rings is 1. The summed E-state index contributed by atoms with van der Waals surface area (Å²) < 4.78 is 63.9. The number of rotatable bonds is 35. The van der Waals surface area contributed by atoms with Crippen molar-refractivity contribution >= 4 is 75.0 Å². The molecule has 16 atom stereocenters. The number of allylic oxidation sites excluding steroid dienone is 6. The van der Waals surface area contributed by atoms with Gasteiger partial charge in [-0.15, -0.1) is 10.2 Å². The third-order valence-corrected chi connectivity index (χ3v) is 26.9. The van der Waals surface area contributed by atoms with Crippen LogP contribution in [-0.2, 0) is 91.0 Å². The summed E-state index contributed by atoms with van der Waals surface area (Å²) in [4.78, 5) is 113. The van der Waals surface area contributed by atoms with E-state index >= 15 is 0 Å². The molecular formula is C98H135N19O20. The lowest BCUT2D eigenvalue weighted by Gasteiger charge is -2.42. The SMILES string of the molecule is CO[C@H]1C[C@@H]2CC[C@@H](C)[C@@](O)(O2)C(=O)C(=O)N2CCCC[C@H]2C(=O)O[C@H]([C@H](C)C[C@@H]2CC[C@H](n3nncc3-c3cccc(-c4cnc(N5CCN(Cc6cn(CCOCCOCCOCOCCOCCC(=O)NCCCCn7nc(-c8ccc9oc(N)nc9c8)c8c(N)ncnc87)nn6)C(CO)C5)nc4)c3)[C@H](OC)C2)CC(=O)[C@H](C)/C=C(\C)[C@@H](O)[C@@H](O)C(=O)[C@H](C)C[C@H](C)/C=C/C=CC=C1C. The van der Waals surface area contributed by atoms with E-state index in [9.17, 15) is 49.2 Å². The number of cyclic esters (lactones) is 1. The van der Waals surface area contributed by atoms with Gasteiger partial charge in [0.2, 0.25) is 17.6 Å². The molecular weight excluding hydrogens is 1760 g/mol. The van der Waals surface area contributed by atoms with Crippen molar-refractivity contribution in [1.82, 2.24) is 79.8 Å². The molecule has 6 aromatic heterocycles. The van der Waals surface area contributed by atoms with Crippen molar-refractivity contribution in [2.24, 2.45) is 35.5 Å². The Morgan fingerprint density at radius 3 is 2.29 bits per heavy atom. The third-order valence-electron chi connectivity index (χ3n) is 26.9. The first-order valence-electron chi connectivity index (χ1n) is 47.9. The van der Waals surface area contributed by atoms with Crippen molar-refractivity contribution < 1.29 is 96.2 Å². The van der Waals surface area contributed by atoms with Crippen molar-refractivity contribution in [3.63, 3.8) is 0 Å². The molecule has 1 aliphatic carbocycles. The number of aryl methyl sites for hydroxylation is 1. The number of aromatic nitrogens is 13. The van der Waals surface area contributed by atoms with Crippen molar-refractivity contribution in [1.29, 1.82) is 0 Å². The lowest BCUT2D eigenvalue weighted by atomic mass is 9.77. The third kappa shape index (κ3) is 27.4. The number of ketones is 3. The van der Waals surface area contributed by atoms with Gasteiger partial charge < -0.3 is 94.1 Å². The molecule has 2 amide bonds. The summed E-state index contributed by atoms with van der Waals surface area (Å²) in [6, 6.07) is 11.9. The van der Waals surface area contributed by atoms with Gasteiger partial charge in [0.1, 0.15) is 60.3 Å². The number of nitrogen functional groups attached to an aromatic ring is 2. The number of hydrogen-bond donors (Lipinski definition) is 7. The maximum atomic E-state index is 14.9. The predicted molar refractivity (Wildman–Crippen MR) is 507 cm³/mol. The number of methoxy groups -OCH3 is 2. The van der Waals surface area contributed by atoms with Gasteiger partial charge in [-0.25, -0.2) is 38.8 Å². The van der Waals surface area contributed by atoms with Crippen LogP contribution in [0.25, 0.3) is 55.8 Å². The van der Waals surface area contributed by atoms with Crippen LogP contribution in [0, 0.1) is 35.5 Å². The number of amides is 2. The fourth-order valence-electron chi connectivity index (χ4n) is 18.9. The number of anilines is 3. The highest BCUT2D eigenvalue weighted by Gasteiger charge is 2.53. The molecule has 2 aromatic carbocycles. The van der Waals surface area contributed by atoms with Gasteiger partial charge >= 0.3 is 5.97 Å². The maximum Gasteiger partial charge on any atom is 0.329 e. The Bertz CT molecular complexity index is 5450. The first kappa shape index (κ1) is 103. The number of nitrogens with two attached hydrogens (primary N) is 2. The van der Waals surface area contributed by atoms with E-state index in [4.69, 9.17) is 73.6 Å². The topological polar surface area (TPSA) is 497 Å². The van der Waals surface area contributed by atoms with Crippen LogP contribution in [0.5, 0.6) is 0 Å². The Balaban J connectivity index is 0.526. The number of nitrogens with zero attached hydrogens (tertiary/aromatic N) is 16. The summed E-state index contributed by atoms with van der Waals surface area (Å²) in [5.41, 5.74) is 20.3. The Kier molecular flexibility index (Phi) is 37.8. The number of carbonyl (C=O) groups is 6. The van der Waals surface area contributed by atoms with E-state index in [1.54, 1.807) is 75.9 Å². The smallest absolute Gasteiger partial charge is 0.329 e. The number of unbranched alkanes of at least 4 members (excludes halogenated alkanes) is 1. The number of aliphatic hydroxyl groups excluding tert-OH is 3. The van der Waals surface area contributed by atoms with E-state index in [1.807, 2.05) is 92.4 Å². The zero-order chi connectivity index (χ0) is 97.2. The largest absolute Gasteiger partial charge is 0.460 e. The van der Waals surface area contributed by atoms with E-state index in [1.165, 1.54) is 17.3 Å². The summed E-state index contributed by atoms with van der Waals surface area (Å²) in [6.07, 6.45) is 20.2. The van der Waals surface area contributed by atoms with Gasteiger partial charge in [0, 0.05) is 132 Å². The quantitative estimate of drug-likeness (QED) is 0.00643. The van der Waals surface area contributed by atoms with E-state index < -0.39 is 89.5 Å². The van der Waals surface area contributed by atoms with Crippen molar-refractivity contribution in [2.45, 2.75) is 225 Å². The van der Waals surface area contributed by atoms with Gasteiger partial charge in [0.25, 0.3) is 17.7 Å². The molecule has 1 unspecified atom stereocenters. The maximum absolute atomic E-state index is 14.9. The molecule has 0 spiro atoms. The minimum Gasteiger partial charge on any atom is -0.460 e. The Morgan fingerprint density at radius 2 is 1.52 bits per heavy atom. The van der Waals surface area contributed by atoms with Crippen molar-refractivity contribution in [2.75, 3.05) is 130 Å². The summed E-state index contributed by atoms with van der Waals surface area (Å²) in [7, 11) is 3.23. The number of Topliss-reactive ketones (excluding diaryl/α,β-unsaturated/α-hetero) is 3. The molecule has 13 rings (SSSR count). The minimum atomic E-state index is -2.49. The van der Waals surface area contributed by atoms with Crippen molar-refractivity contribution in [3.05, 3.63) is 127 Å². The highest BCUT2D eigenvalue weighted by Crippen LogP contribution is 2.43. The summed E-state index contributed by atoms with van der Waals surface area (Å²) in [6.45, 7) is 18.9. The number of oxazole rings is 1. The molecule has 2 bridgehead atoms. The number of aliphatic hydroxyl groups is 4. The number of piperazine rings is 1. The summed E-state index contributed by atoms with van der Waals surface area (Å²) >= 11 is 0. The second-order valence-corrected chi connectivity index (χ2v) is 36.9. The zero-order valence-electron chi connectivity index (χ0n) is 80.0. The lowest BCUT2D eigenvalue weighted by molar-refractivity contribution is -0.265. The Morgan fingerprint density at radius 1 is 0.752 bits per heavy atom. The van der Waals surface area contributed by atoms with E-state index in [0.717, 1.165) is 52.1 Å². The first-order chi connectivity index (χ1) is 66.2. The van der Waals surface area contributed by atoms with Crippen LogP contribution in [-0.4, -0.2) is 298 Å². The molecule has 137 heavy (non-hydrogen) atoms. The molecule has 742 valence electrons. The highest BCUT2D eigenvalue weighted by atomic mass is 16.7. The monoisotopic (exact) mass is 1900 g/mol. The molecule has 4 fully saturated rings. The minimum absolute atomic E-state index is 0.00832. The molecule has 39 heteroatoms. The zero-order valence-corrected chi connectivity index (χ0v) is 80.0. The molecule has 3 saturated heterocycles. The number of fused-ring (bicyclic) bond motifs is 5. The van der Waals surface area contributed by atoms with Crippen LogP contribution in [0.15, 0.2) is 126 Å².